The Labute approximate surface area is 246 Å². The molecule has 0 radical (unpaired) electrons. The highest BCUT2D eigenvalue weighted by Gasteiger charge is 2.33. The number of pyridine rings is 2. The number of carbonyl (C=O) groups excluding carboxylic acids is 1. The molecule has 0 unspecified atom stereocenters. The fourth-order valence-electron chi connectivity index (χ4n) is 5.39. The van der Waals surface area contributed by atoms with E-state index in [0.717, 1.165) is 55.6 Å². The van der Waals surface area contributed by atoms with Crippen molar-refractivity contribution in [2.75, 3.05) is 37.0 Å². The lowest BCUT2D eigenvalue weighted by molar-refractivity contribution is -0.276. The summed E-state index contributed by atoms with van der Waals surface area (Å²) in [5.74, 6) is 1.27. The number of nitrogens with one attached hydrogen (secondary N) is 3. The molecule has 2 aliphatic carbocycles. The maximum absolute atomic E-state index is 11.6. The van der Waals surface area contributed by atoms with Crippen molar-refractivity contribution in [1.82, 2.24) is 15.3 Å². The highest BCUT2D eigenvalue weighted by Crippen LogP contribution is 2.33. The highest BCUT2D eigenvalue weighted by molar-refractivity contribution is 6.33. The third-order valence-corrected chi connectivity index (χ3v) is 8.45. The van der Waals surface area contributed by atoms with Gasteiger partial charge in [-0.25, -0.2) is 14.8 Å². The number of nitrogens with zero attached hydrogens (tertiary/aromatic N) is 3. The minimum atomic E-state index is -0.438. The van der Waals surface area contributed by atoms with E-state index in [1.807, 2.05) is 31.2 Å². The molecule has 220 valence electrons. The predicted octanol–water partition coefficient (Wildman–Crippen LogP) is 5.12. The van der Waals surface area contributed by atoms with Gasteiger partial charge in [0.1, 0.15) is 18.2 Å². The van der Waals surface area contributed by atoms with Crippen LogP contribution in [0.3, 0.4) is 0 Å². The molecule has 3 N–H and O–H groups in total. The Kier molecular flexibility index (Phi) is 9.93. The fraction of sp³-hybridized carbons (Fsp3) is 0.600. The van der Waals surface area contributed by atoms with E-state index in [0.29, 0.717) is 62.1 Å². The van der Waals surface area contributed by atoms with Crippen molar-refractivity contribution in [3.05, 3.63) is 35.5 Å². The molecule has 11 heteroatoms. The Hall–Kier alpha value is -2.97. The van der Waals surface area contributed by atoms with Crippen LogP contribution in [-0.2, 0) is 19.3 Å². The molecule has 1 aliphatic heterocycles. The molecule has 3 aliphatic rings. The molecule has 1 atom stereocenters. The van der Waals surface area contributed by atoms with Crippen molar-refractivity contribution >= 4 is 29.2 Å². The molecule has 3 heterocycles. The highest BCUT2D eigenvalue weighted by atomic mass is 35.5. The minimum Gasteiger partial charge on any atom is -0.381 e. The first-order valence-electron chi connectivity index (χ1n) is 14.6. The first-order valence-corrected chi connectivity index (χ1v) is 15.0. The van der Waals surface area contributed by atoms with Gasteiger partial charge in [-0.2, -0.15) is 10.1 Å². The topological polar surface area (TPSA) is 130 Å². The molecule has 5 rings (SSSR count). The van der Waals surface area contributed by atoms with Crippen LogP contribution < -0.4 is 16.0 Å². The molecule has 0 amide bonds. The zero-order valence-electron chi connectivity index (χ0n) is 23.5. The summed E-state index contributed by atoms with van der Waals surface area (Å²) in [6, 6.07) is 11.0. The first kappa shape index (κ1) is 29.5. The molecule has 0 bridgehead atoms. The smallest absolute Gasteiger partial charge is 0.345 e. The van der Waals surface area contributed by atoms with Crippen LogP contribution in [0.4, 0.5) is 11.6 Å². The molecular weight excluding hydrogens is 544 g/mol. The monoisotopic (exact) mass is 582 g/mol. The number of halogens is 1. The van der Waals surface area contributed by atoms with Crippen LogP contribution >= 0.6 is 11.6 Å². The van der Waals surface area contributed by atoms with E-state index in [2.05, 4.69) is 27.0 Å². The van der Waals surface area contributed by atoms with Gasteiger partial charge in [-0.05, 0) is 76.5 Å². The second-order valence-corrected chi connectivity index (χ2v) is 11.9. The van der Waals surface area contributed by atoms with E-state index < -0.39 is 5.41 Å². The van der Waals surface area contributed by atoms with Gasteiger partial charge < -0.3 is 20.7 Å². The van der Waals surface area contributed by atoms with Gasteiger partial charge in [-0.15, -0.1) is 0 Å². The van der Waals surface area contributed by atoms with E-state index >= 15 is 0 Å². The molecule has 2 aromatic rings. The van der Waals surface area contributed by atoms with Gasteiger partial charge in [0.05, 0.1) is 28.1 Å². The summed E-state index contributed by atoms with van der Waals surface area (Å²) in [6.45, 7) is 4.12. The van der Waals surface area contributed by atoms with Gasteiger partial charge in [0.15, 0.2) is 0 Å². The van der Waals surface area contributed by atoms with Crippen molar-refractivity contribution in [3.63, 3.8) is 0 Å². The molecule has 0 aromatic carbocycles. The number of carbonyl (C=O) groups is 1. The maximum Gasteiger partial charge on any atom is 0.345 e. The van der Waals surface area contributed by atoms with Crippen LogP contribution in [0.25, 0.3) is 11.3 Å². The Morgan fingerprint density at radius 3 is 2.66 bits per heavy atom. The molecule has 3 fully saturated rings. The number of nitriles is 1. The van der Waals surface area contributed by atoms with Gasteiger partial charge in [-0.3, -0.25) is 4.89 Å². The molecule has 41 heavy (non-hydrogen) atoms. The van der Waals surface area contributed by atoms with E-state index in [1.165, 1.54) is 0 Å². The minimum absolute atomic E-state index is 0.0379. The number of ether oxygens (including phenoxy) is 1. The molecule has 1 saturated heterocycles. The van der Waals surface area contributed by atoms with Gasteiger partial charge in [0, 0.05) is 49.6 Å². The number of rotatable bonds is 12. The Morgan fingerprint density at radius 2 is 1.93 bits per heavy atom. The largest absolute Gasteiger partial charge is 0.381 e. The van der Waals surface area contributed by atoms with E-state index in [-0.39, 0.29) is 17.9 Å². The summed E-state index contributed by atoms with van der Waals surface area (Å²) in [7, 11) is 0. The van der Waals surface area contributed by atoms with Crippen molar-refractivity contribution in [1.29, 1.82) is 5.26 Å². The summed E-state index contributed by atoms with van der Waals surface area (Å²) in [5, 5.41) is 20.8. The van der Waals surface area contributed by atoms with Crippen LogP contribution in [0.2, 0.25) is 5.02 Å². The standard InChI is InChI=1S/C30H39ClN6O4/c1-20(17-40-41-29(38)21-5-6-21)35-22-7-9-23(10-8-22)36-28-15-24(25(31)16-33-28)26-3-2-4-27(37-26)34-19-30(18-32)11-13-39-14-12-30/h2-4,15-16,20-23,35H,5-14,17,19H2,1H3,(H,33,36)(H,34,37)/t20-,22?,23?/m1/s1. The van der Waals surface area contributed by atoms with Gasteiger partial charge in [-0.1, -0.05) is 17.7 Å². The number of anilines is 2. The van der Waals surface area contributed by atoms with Crippen molar-refractivity contribution < 1.29 is 19.3 Å². The fourth-order valence-corrected chi connectivity index (χ4v) is 5.59. The van der Waals surface area contributed by atoms with Crippen LogP contribution in [0, 0.1) is 22.7 Å². The average Bonchev–Trinajstić information content (AvgIpc) is 3.85. The summed E-state index contributed by atoms with van der Waals surface area (Å²) >= 11 is 6.55. The summed E-state index contributed by atoms with van der Waals surface area (Å²) in [4.78, 5) is 30.9. The molecular formula is C30H39ClN6O4. The third kappa shape index (κ3) is 8.29. The molecule has 10 nitrogen and oxygen atoms in total. The first-order chi connectivity index (χ1) is 19.9. The SMILES string of the molecule is C[C@H](COOC(=O)C1CC1)NC1CCC(Nc2cc(-c3cccc(NCC4(C#N)CCOCC4)n3)c(Cl)cn2)CC1. The lowest BCUT2D eigenvalue weighted by Crippen LogP contribution is -2.43. The predicted molar refractivity (Wildman–Crippen MR) is 156 cm³/mol. The van der Waals surface area contributed by atoms with Crippen molar-refractivity contribution in [3.8, 4) is 17.3 Å². The van der Waals surface area contributed by atoms with Crippen LogP contribution in [0.1, 0.15) is 58.3 Å². The van der Waals surface area contributed by atoms with Crippen molar-refractivity contribution in [2.24, 2.45) is 11.3 Å². The van der Waals surface area contributed by atoms with E-state index in [1.54, 1.807) is 6.20 Å². The van der Waals surface area contributed by atoms with E-state index in [4.69, 9.17) is 31.1 Å². The second-order valence-electron chi connectivity index (χ2n) is 11.5. The normalized spacial score (nSPS) is 22.8. The summed E-state index contributed by atoms with van der Waals surface area (Å²) < 4.78 is 5.44. The quantitative estimate of drug-likeness (QED) is 0.229. The molecule has 0 spiro atoms. The van der Waals surface area contributed by atoms with Gasteiger partial charge >= 0.3 is 5.97 Å². The lowest BCUT2D eigenvalue weighted by atomic mass is 9.82. The average molecular weight is 583 g/mol. The maximum atomic E-state index is 11.6. The Balaban J connectivity index is 1.11. The molecule has 2 saturated carbocycles. The Morgan fingerprint density at radius 1 is 1.17 bits per heavy atom. The van der Waals surface area contributed by atoms with Crippen molar-refractivity contribution in [2.45, 2.75) is 76.4 Å². The third-order valence-electron chi connectivity index (χ3n) is 8.14. The van der Waals surface area contributed by atoms with Gasteiger partial charge in [0.25, 0.3) is 0 Å². The zero-order chi connectivity index (χ0) is 28.7. The summed E-state index contributed by atoms with van der Waals surface area (Å²) in [6.07, 6.45) is 8.96. The number of hydrogen-bond donors (Lipinski definition) is 3. The number of aromatic nitrogens is 2. The number of hydrogen-bond acceptors (Lipinski definition) is 10. The van der Waals surface area contributed by atoms with Crippen LogP contribution in [0.15, 0.2) is 30.5 Å². The van der Waals surface area contributed by atoms with Crippen LogP contribution in [0.5, 0.6) is 0 Å². The second kappa shape index (κ2) is 13.8. The molecule has 2 aromatic heterocycles. The van der Waals surface area contributed by atoms with Gasteiger partial charge in [0.2, 0.25) is 0 Å². The summed E-state index contributed by atoms with van der Waals surface area (Å²) in [5.41, 5.74) is 1.11. The van der Waals surface area contributed by atoms with Crippen LogP contribution in [-0.4, -0.2) is 60.4 Å². The Bertz CT molecular complexity index is 1220. The zero-order valence-corrected chi connectivity index (χ0v) is 24.3. The lowest BCUT2D eigenvalue weighted by Gasteiger charge is -2.31. The van der Waals surface area contributed by atoms with E-state index in [9.17, 15) is 10.1 Å².